The fourth-order valence-corrected chi connectivity index (χ4v) is 2.06. The van der Waals surface area contributed by atoms with Crippen molar-refractivity contribution in [2.75, 3.05) is 0 Å². The second-order valence-corrected chi connectivity index (χ2v) is 3.79. The highest BCUT2D eigenvalue weighted by atomic mass is 35.5. The molecule has 0 N–H and O–H groups in total. The van der Waals surface area contributed by atoms with Crippen molar-refractivity contribution in [3.8, 4) is 0 Å². The van der Waals surface area contributed by atoms with Crippen molar-refractivity contribution in [1.82, 2.24) is 4.98 Å². The number of nitrogens with zero attached hydrogens (tertiary/aromatic N) is 1. The van der Waals surface area contributed by atoms with E-state index in [1.54, 1.807) is 18.5 Å². The number of rotatable bonds is 0. The summed E-state index contributed by atoms with van der Waals surface area (Å²) in [7, 11) is 0. The molecular weight excluding hydrogens is 229 g/mol. The predicted octanol–water partition coefficient (Wildman–Crippen LogP) is 4.88. The number of aryl methyl sites for hydroxylation is 1. The number of pyridine rings is 1. The Balaban J connectivity index is 0.000000531. The normalized spacial score (nSPS) is 9.67. The third-order valence-electron chi connectivity index (χ3n) is 1.96. The van der Waals surface area contributed by atoms with Gasteiger partial charge in [-0.25, -0.2) is 0 Å². The van der Waals surface area contributed by atoms with Crippen LogP contribution in [0.1, 0.15) is 19.4 Å². The number of aromatic nitrogens is 1. The Morgan fingerprint density at radius 3 is 2.40 bits per heavy atom. The second kappa shape index (κ2) is 5.34. The summed E-state index contributed by atoms with van der Waals surface area (Å²) >= 11 is 11.9. The first-order valence-corrected chi connectivity index (χ1v) is 5.63. The maximum absolute atomic E-state index is 6.06. The van der Waals surface area contributed by atoms with Crippen LogP contribution < -0.4 is 0 Å². The first-order valence-electron chi connectivity index (χ1n) is 4.88. The van der Waals surface area contributed by atoms with Crippen molar-refractivity contribution in [3.05, 3.63) is 40.1 Å². The summed E-state index contributed by atoms with van der Waals surface area (Å²) in [5, 5.41) is 3.34. The molecule has 2 aromatic rings. The highest BCUT2D eigenvalue weighted by molar-refractivity contribution is 6.38. The molecule has 2 rings (SSSR count). The van der Waals surface area contributed by atoms with E-state index in [-0.39, 0.29) is 0 Å². The SMILES string of the molecule is CC.Cc1cncc2cc(Cl)cc(Cl)c12. The summed E-state index contributed by atoms with van der Waals surface area (Å²) < 4.78 is 0. The van der Waals surface area contributed by atoms with Crippen molar-refractivity contribution in [1.29, 1.82) is 0 Å². The molecule has 0 fully saturated rings. The molecule has 0 aliphatic heterocycles. The van der Waals surface area contributed by atoms with Crippen molar-refractivity contribution in [2.45, 2.75) is 20.8 Å². The molecule has 0 saturated heterocycles. The number of hydrogen-bond donors (Lipinski definition) is 0. The highest BCUT2D eigenvalue weighted by Crippen LogP contribution is 2.29. The molecule has 1 aromatic carbocycles. The van der Waals surface area contributed by atoms with Gasteiger partial charge < -0.3 is 0 Å². The van der Waals surface area contributed by atoms with Gasteiger partial charge in [0.2, 0.25) is 0 Å². The maximum atomic E-state index is 6.06. The molecule has 0 aliphatic rings. The Kier molecular flexibility index (Phi) is 4.37. The van der Waals surface area contributed by atoms with E-state index in [0.717, 1.165) is 16.3 Å². The lowest BCUT2D eigenvalue weighted by atomic mass is 10.1. The van der Waals surface area contributed by atoms with E-state index in [1.807, 2.05) is 26.8 Å². The van der Waals surface area contributed by atoms with Crippen molar-refractivity contribution < 1.29 is 0 Å². The van der Waals surface area contributed by atoms with E-state index < -0.39 is 0 Å². The van der Waals surface area contributed by atoms with Gasteiger partial charge in [-0.15, -0.1) is 0 Å². The maximum Gasteiger partial charge on any atom is 0.0503 e. The van der Waals surface area contributed by atoms with E-state index in [0.29, 0.717) is 10.0 Å². The Hall–Kier alpha value is -0.790. The van der Waals surface area contributed by atoms with E-state index in [9.17, 15) is 0 Å². The van der Waals surface area contributed by atoms with Gasteiger partial charge in [-0.2, -0.15) is 0 Å². The minimum Gasteiger partial charge on any atom is -0.264 e. The van der Waals surface area contributed by atoms with Crippen molar-refractivity contribution >= 4 is 34.0 Å². The monoisotopic (exact) mass is 241 g/mol. The molecule has 80 valence electrons. The number of fused-ring (bicyclic) bond motifs is 1. The van der Waals surface area contributed by atoms with Gasteiger partial charge in [0.05, 0.1) is 5.02 Å². The third-order valence-corrected chi connectivity index (χ3v) is 2.48. The number of halogens is 2. The minimum absolute atomic E-state index is 0.643. The molecule has 1 heterocycles. The van der Waals surface area contributed by atoms with Crippen molar-refractivity contribution in [3.63, 3.8) is 0 Å². The first kappa shape index (κ1) is 12.3. The average Bonchev–Trinajstić information content (AvgIpc) is 2.19. The van der Waals surface area contributed by atoms with Gasteiger partial charge in [0.25, 0.3) is 0 Å². The molecule has 0 unspecified atom stereocenters. The van der Waals surface area contributed by atoms with Crippen LogP contribution in [0.2, 0.25) is 10.0 Å². The van der Waals surface area contributed by atoms with Crippen LogP contribution in [0, 0.1) is 6.92 Å². The third kappa shape index (κ3) is 2.61. The molecule has 1 nitrogen and oxygen atoms in total. The Morgan fingerprint density at radius 1 is 1.07 bits per heavy atom. The van der Waals surface area contributed by atoms with Gasteiger partial charge >= 0.3 is 0 Å². The van der Waals surface area contributed by atoms with Gasteiger partial charge in [-0.3, -0.25) is 4.98 Å². The summed E-state index contributed by atoms with van der Waals surface area (Å²) in [6.45, 7) is 5.98. The van der Waals surface area contributed by atoms with Crippen molar-refractivity contribution in [2.24, 2.45) is 0 Å². The molecule has 0 bridgehead atoms. The summed E-state index contributed by atoms with van der Waals surface area (Å²) in [4.78, 5) is 4.08. The van der Waals surface area contributed by atoms with Gasteiger partial charge in [-0.05, 0) is 24.6 Å². The number of benzene rings is 1. The minimum atomic E-state index is 0.643. The predicted molar refractivity (Wildman–Crippen MR) is 67.8 cm³/mol. The van der Waals surface area contributed by atoms with E-state index in [4.69, 9.17) is 23.2 Å². The smallest absolute Gasteiger partial charge is 0.0503 e. The summed E-state index contributed by atoms with van der Waals surface area (Å²) in [5.74, 6) is 0. The van der Waals surface area contributed by atoms with Gasteiger partial charge in [0.1, 0.15) is 0 Å². The average molecular weight is 242 g/mol. The molecule has 0 atom stereocenters. The van der Waals surface area contributed by atoms with Crippen LogP contribution >= 0.6 is 23.2 Å². The van der Waals surface area contributed by atoms with Crippen LogP contribution in [0.25, 0.3) is 10.8 Å². The van der Waals surface area contributed by atoms with Gasteiger partial charge in [-0.1, -0.05) is 37.0 Å². The van der Waals surface area contributed by atoms with Crippen LogP contribution in [0.4, 0.5) is 0 Å². The fourth-order valence-electron chi connectivity index (χ4n) is 1.41. The molecule has 0 saturated carbocycles. The Labute approximate surface area is 100 Å². The molecule has 3 heteroatoms. The summed E-state index contributed by atoms with van der Waals surface area (Å²) in [6.07, 6.45) is 3.56. The zero-order valence-electron chi connectivity index (χ0n) is 9.01. The summed E-state index contributed by atoms with van der Waals surface area (Å²) in [6, 6.07) is 3.61. The topological polar surface area (TPSA) is 12.9 Å². The van der Waals surface area contributed by atoms with E-state index in [2.05, 4.69) is 4.98 Å². The molecule has 0 spiro atoms. The number of hydrogen-bond acceptors (Lipinski definition) is 1. The van der Waals surface area contributed by atoms with Gasteiger partial charge in [0.15, 0.2) is 0 Å². The van der Waals surface area contributed by atoms with Crippen LogP contribution in [0.5, 0.6) is 0 Å². The first-order chi connectivity index (χ1) is 7.18. The molecule has 1 aromatic heterocycles. The molecular formula is C12H13Cl2N. The summed E-state index contributed by atoms with van der Waals surface area (Å²) in [5.41, 5.74) is 1.07. The van der Waals surface area contributed by atoms with Crippen LogP contribution in [-0.4, -0.2) is 4.98 Å². The van der Waals surface area contributed by atoms with E-state index in [1.165, 1.54) is 0 Å². The second-order valence-electron chi connectivity index (χ2n) is 2.94. The van der Waals surface area contributed by atoms with E-state index >= 15 is 0 Å². The molecule has 15 heavy (non-hydrogen) atoms. The van der Waals surface area contributed by atoms with Crippen LogP contribution in [0.15, 0.2) is 24.5 Å². The van der Waals surface area contributed by atoms with Gasteiger partial charge in [0, 0.05) is 28.2 Å². The fraction of sp³-hybridized carbons (Fsp3) is 0.250. The largest absolute Gasteiger partial charge is 0.264 e. The van der Waals surface area contributed by atoms with Crippen LogP contribution in [0.3, 0.4) is 0 Å². The molecule has 0 radical (unpaired) electrons. The Morgan fingerprint density at radius 2 is 1.73 bits per heavy atom. The van der Waals surface area contributed by atoms with Crippen LogP contribution in [-0.2, 0) is 0 Å². The molecule has 0 aliphatic carbocycles. The highest BCUT2D eigenvalue weighted by Gasteiger charge is 2.03. The zero-order valence-corrected chi connectivity index (χ0v) is 10.5. The lowest BCUT2D eigenvalue weighted by Gasteiger charge is -2.03. The zero-order chi connectivity index (χ0) is 11.4. The quantitative estimate of drug-likeness (QED) is 0.641. The standard InChI is InChI=1S/C10H7Cl2N.C2H6/c1-6-4-13-5-7-2-8(11)3-9(12)10(6)7;1-2/h2-5H,1H3;1-2H3. The lowest BCUT2D eigenvalue weighted by molar-refractivity contribution is 1.31. The molecule has 0 amide bonds. The lowest BCUT2D eigenvalue weighted by Crippen LogP contribution is -1.82. The Bertz CT molecular complexity index is 466.